The average molecular weight is 967 g/mol. The topological polar surface area (TPSA) is 230 Å². The number of nitrogens with zero attached hydrogens (tertiary/aromatic N) is 2. The predicted octanol–water partition coefficient (Wildman–Crippen LogP) is 5.32. The highest BCUT2D eigenvalue weighted by Crippen LogP contribution is 2.27. The molecule has 0 aliphatic heterocycles. The third-order valence-corrected chi connectivity index (χ3v) is 12.6. The Labute approximate surface area is 390 Å². The summed E-state index contributed by atoms with van der Waals surface area (Å²) in [4.78, 5) is 33.5. The second-order valence-electron chi connectivity index (χ2n) is 13.5. The normalized spacial score (nSPS) is 12.6. The first-order valence-electron chi connectivity index (χ1n) is 19.6. The van der Waals surface area contributed by atoms with Gasteiger partial charge in [-0.05, 0) is 72.5 Å². The quantitative estimate of drug-likeness (QED) is 0.0183. The van der Waals surface area contributed by atoms with Crippen molar-refractivity contribution in [1.29, 1.82) is 0 Å². The summed E-state index contributed by atoms with van der Waals surface area (Å²) in [6.45, 7) is 2.94. The van der Waals surface area contributed by atoms with Crippen molar-refractivity contribution in [2.24, 2.45) is 32.9 Å². The second kappa shape index (κ2) is 27.7. The number of carbonyl (C=O) groups excluding carboxylic acids is 2. The molecule has 62 heavy (non-hydrogen) atoms. The molecular formula is C42H52Cl4N10O4S2. The summed E-state index contributed by atoms with van der Waals surface area (Å²) in [5.74, 6) is 2.92. The van der Waals surface area contributed by atoms with Gasteiger partial charge in [-0.2, -0.15) is 0 Å². The molecule has 2 atom stereocenters. The number of hydrogen-bond donors (Lipinski definition) is 8. The third-order valence-electron chi connectivity index (χ3n) is 8.77. The number of aliphatic imine (C=N–C) groups is 2. The van der Waals surface area contributed by atoms with E-state index in [1.54, 1.807) is 58.0 Å². The molecule has 0 fully saturated rings. The van der Waals surface area contributed by atoms with Crippen LogP contribution in [0.3, 0.4) is 0 Å². The lowest BCUT2D eigenvalue weighted by atomic mass is 10.1. The van der Waals surface area contributed by atoms with Gasteiger partial charge in [-0.3, -0.25) is 19.6 Å². The lowest BCUT2D eigenvalue weighted by Gasteiger charge is -2.13. The minimum Gasteiger partial charge on any atom is -0.489 e. The molecule has 12 N–H and O–H groups in total. The van der Waals surface area contributed by atoms with Crippen molar-refractivity contribution in [1.82, 2.24) is 21.3 Å². The number of guanidine groups is 2. The molecule has 14 nitrogen and oxygen atoms in total. The van der Waals surface area contributed by atoms with E-state index >= 15 is 0 Å². The van der Waals surface area contributed by atoms with Crippen LogP contribution in [-0.4, -0.2) is 86.6 Å². The van der Waals surface area contributed by atoms with Crippen molar-refractivity contribution in [3.05, 3.63) is 127 Å². The van der Waals surface area contributed by atoms with Crippen LogP contribution in [0, 0.1) is 0 Å². The van der Waals surface area contributed by atoms with Crippen LogP contribution in [0.5, 0.6) is 11.5 Å². The first kappa shape index (κ1) is 50.4. The summed E-state index contributed by atoms with van der Waals surface area (Å²) in [5, 5.41) is 13.9. The molecule has 4 aromatic rings. The van der Waals surface area contributed by atoms with E-state index in [9.17, 15) is 9.59 Å². The van der Waals surface area contributed by atoms with Crippen LogP contribution in [0.1, 0.15) is 22.3 Å². The lowest BCUT2D eigenvalue weighted by molar-refractivity contribution is -0.123. The van der Waals surface area contributed by atoms with E-state index in [0.29, 0.717) is 107 Å². The highest BCUT2D eigenvalue weighted by atomic mass is 35.5. The maximum Gasteiger partial charge on any atom is 0.237 e. The molecule has 4 aromatic carbocycles. The van der Waals surface area contributed by atoms with Crippen LogP contribution in [0.4, 0.5) is 0 Å². The highest BCUT2D eigenvalue weighted by molar-refractivity contribution is 8.76. The summed E-state index contributed by atoms with van der Waals surface area (Å²) >= 11 is 24.9. The van der Waals surface area contributed by atoms with Crippen molar-refractivity contribution >= 4 is 91.7 Å². The van der Waals surface area contributed by atoms with Crippen LogP contribution >= 0.6 is 68.0 Å². The number of halogens is 4. The van der Waals surface area contributed by atoms with Gasteiger partial charge in [-0.1, -0.05) is 104 Å². The first-order chi connectivity index (χ1) is 29.9. The molecule has 0 saturated carbocycles. The SMILES string of the molecule is NC(=NCCNC(=O)C(N)Cc1ccc(OCc2c(Cl)cccc2Cl)cc1)NCCSSCCNC(N)=NCCNC(=O)C(N)Cc1ccc(OCc2c(Cl)cccc2Cl)cc1. The Bertz CT molecular complexity index is 1900. The summed E-state index contributed by atoms with van der Waals surface area (Å²) < 4.78 is 11.6. The van der Waals surface area contributed by atoms with E-state index in [2.05, 4.69) is 31.3 Å². The van der Waals surface area contributed by atoms with Gasteiger partial charge in [-0.15, -0.1) is 0 Å². The Morgan fingerprint density at radius 1 is 0.548 bits per heavy atom. The van der Waals surface area contributed by atoms with Crippen molar-refractivity contribution < 1.29 is 19.1 Å². The van der Waals surface area contributed by atoms with E-state index in [1.807, 2.05) is 48.5 Å². The zero-order chi connectivity index (χ0) is 44.7. The number of amides is 2. The molecule has 0 heterocycles. The van der Waals surface area contributed by atoms with Crippen molar-refractivity contribution in [3.63, 3.8) is 0 Å². The Balaban J connectivity index is 0.964. The minimum absolute atomic E-state index is 0.236. The molecule has 2 unspecified atom stereocenters. The number of ether oxygens (including phenoxy) is 2. The zero-order valence-corrected chi connectivity index (χ0v) is 38.5. The fraction of sp³-hybridized carbons (Fsp3) is 0.333. The van der Waals surface area contributed by atoms with Crippen LogP contribution in [0.15, 0.2) is 94.9 Å². The smallest absolute Gasteiger partial charge is 0.237 e. The Morgan fingerprint density at radius 2 is 0.903 bits per heavy atom. The monoisotopic (exact) mass is 964 g/mol. The van der Waals surface area contributed by atoms with Gasteiger partial charge in [0.15, 0.2) is 11.9 Å². The molecule has 0 spiro atoms. The predicted molar refractivity (Wildman–Crippen MR) is 258 cm³/mol. The lowest BCUT2D eigenvalue weighted by Crippen LogP contribution is -2.43. The Kier molecular flexibility index (Phi) is 22.5. The van der Waals surface area contributed by atoms with Gasteiger partial charge in [0.05, 0.1) is 25.2 Å². The number of hydrogen-bond acceptors (Lipinski definition) is 10. The van der Waals surface area contributed by atoms with Crippen LogP contribution in [-0.2, 0) is 35.6 Å². The van der Waals surface area contributed by atoms with Gasteiger partial charge < -0.3 is 53.7 Å². The fourth-order valence-electron chi connectivity index (χ4n) is 5.43. The van der Waals surface area contributed by atoms with Crippen molar-refractivity contribution in [3.8, 4) is 11.5 Å². The maximum atomic E-state index is 12.5. The number of carbonyl (C=O) groups is 2. The molecule has 0 radical (unpaired) electrons. The molecule has 334 valence electrons. The molecule has 4 rings (SSSR count). The standard InChI is InChI=1S/C42H52Cl4N10O4S2/c43-33-3-1-4-34(44)31(33)25-59-29-11-7-27(8-12-29)23-37(47)39(57)51-15-17-53-41(49)55-19-21-61-62-22-20-56-42(50)54-18-16-52-40(58)38(48)24-28-9-13-30(14-10-28)60-26-32-35(45)5-2-6-36(32)46/h1-14,37-38H,15-26,47-48H2,(H,51,57)(H,52,58)(H3,49,53,55)(H3,50,54,56). The average Bonchev–Trinajstić information content (AvgIpc) is 3.25. The molecule has 20 heteroatoms. The second-order valence-corrected chi connectivity index (χ2v) is 17.8. The maximum absolute atomic E-state index is 12.5. The fourth-order valence-corrected chi connectivity index (χ4v) is 8.26. The van der Waals surface area contributed by atoms with E-state index in [-0.39, 0.29) is 25.0 Å². The zero-order valence-electron chi connectivity index (χ0n) is 33.9. The van der Waals surface area contributed by atoms with Gasteiger partial charge in [0.25, 0.3) is 0 Å². The van der Waals surface area contributed by atoms with Crippen LogP contribution in [0.2, 0.25) is 20.1 Å². The summed E-state index contributed by atoms with van der Waals surface area (Å²) in [6.07, 6.45) is 0.723. The summed E-state index contributed by atoms with van der Waals surface area (Å²) in [7, 11) is 3.36. The highest BCUT2D eigenvalue weighted by Gasteiger charge is 2.15. The summed E-state index contributed by atoms with van der Waals surface area (Å²) in [5.41, 5.74) is 27.4. The molecule has 0 saturated heterocycles. The van der Waals surface area contributed by atoms with E-state index < -0.39 is 12.1 Å². The Morgan fingerprint density at radius 3 is 1.26 bits per heavy atom. The number of benzene rings is 4. The molecule has 0 aliphatic carbocycles. The van der Waals surface area contributed by atoms with Crippen LogP contribution < -0.4 is 53.7 Å². The van der Waals surface area contributed by atoms with Gasteiger partial charge in [0.1, 0.15) is 24.7 Å². The van der Waals surface area contributed by atoms with Gasteiger partial charge in [0, 0.05) is 68.9 Å². The molecule has 2 amide bonds. The number of nitrogens with two attached hydrogens (primary N) is 4. The van der Waals surface area contributed by atoms with E-state index in [1.165, 1.54) is 0 Å². The largest absolute Gasteiger partial charge is 0.489 e. The van der Waals surface area contributed by atoms with Crippen LogP contribution in [0.25, 0.3) is 0 Å². The molecule has 0 aromatic heterocycles. The molecular weight excluding hydrogens is 914 g/mol. The van der Waals surface area contributed by atoms with Gasteiger partial charge in [0.2, 0.25) is 11.8 Å². The Hall–Kier alpha value is -4.26. The summed E-state index contributed by atoms with van der Waals surface area (Å²) in [6, 6.07) is 23.9. The number of nitrogens with one attached hydrogen (secondary N) is 4. The molecule has 0 bridgehead atoms. The molecule has 0 aliphatic rings. The minimum atomic E-state index is -0.723. The van der Waals surface area contributed by atoms with Crippen molar-refractivity contribution in [2.45, 2.75) is 38.1 Å². The number of rotatable bonds is 25. The van der Waals surface area contributed by atoms with Crippen molar-refractivity contribution in [2.75, 3.05) is 50.8 Å². The van der Waals surface area contributed by atoms with Gasteiger partial charge >= 0.3 is 0 Å². The van der Waals surface area contributed by atoms with E-state index in [0.717, 1.165) is 22.6 Å². The van der Waals surface area contributed by atoms with Gasteiger partial charge in [-0.25, -0.2) is 0 Å². The third kappa shape index (κ3) is 18.6. The first-order valence-corrected chi connectivity index (χ1v) is 23.6. The van der Waals surface area contributed by atoms with E-state index in [4.69, 9.17) is 78.8 Å².